The number of aryl methyl sites for hydroxylation is 2. The van der Waals surface area contributed by atoms with Crippen LogP contribution >= 0.6 is 0 Å². The van der Waals surface area contributed by atoms with Gasteiger partial charge in [0, 0.05) is 32.4 Å². The van der Waals surface area contributed by atoms with Gasteiger partial charge in [0.15, 0.2) is 0 Å². The summed E-state index contributed by atoms with van der Waals surface area (Å²) in [5, 5.41) is 8.30. The fourth-order valence-corrected chi connectivity index (χ4v) is 1.17. The average Bonchev–Trinajstić information content (AvgIpc) is 2.43. The van der Waals surface area contributed by atoms with E-state index >= 15 is 0 Å². The molecular weight excluding hydrogens is 166 g/mol. The summed E-state index contributed by atoms with van der Waals surface area (Å²) in [5.74, 6) is 0. The highest BCUT2D eigenvalue weighted by atomic mass is 16.1. The molecule has 0 atom stereocenters. The molecular formula is C9H13N3O. The van der Waals surface area contributed by atoms with Crippen LogP contribution in [0.25, 0.3) is 0 Å². The molecule has 1 heterocycles. The number of nitriles is 1. The predicted octanol–water partition coefficient (Wildman–Crippen LogP) is 0.881. The quantitative estimate of drug-likeness (QED) is 0.644. The summed E-state index contributed by atoms with van der Waals surface area (Å²) in [6.07, 6.45) is 5.83. The van der Waals surface area contributed by atoms with Crippen LogP contribution in [0.3, 0.4) is 0 Å². The van der Waals surface area contributed by atoms with Gasteiger partial charge in [0.25, 0.3) is 0 Å². The third kappa shape index (κ3) is 2.48. The molecule has 0 aliphatic carbocycles. The molecule has 1 aromatic heterocycles. The molecule has 0 aromatic carbocycles. The van der Waals surface area contributed by atoms with Crippen molar-refractivity contribution >= 4 is 0 Å². The molecule has 0 aliphatic heterocycles. The number of hydrogen-bond acceptors (Lipinski definition) is 2. The minimum atomic E-state index is 0.0111. The van der Waals surface area contributed by atoms with E-state index in [1.54, 1.807) is 28.6 Å². The predicted molar refractivity (Wildman–Crippen MR) is 49.1 cm³/mol. The van der Waals surface area contributed by atoms with E-state index in [0.29, 0.717) is 13.0 Å². The van der Waals surface area contributed by atoms with Crippen LogP contribution in [0.5, 0.6) is 0 Å². The highest BCUT2D eigenvalue weighted by Gasteiger charge is 1.97. The summed E-state index contributed by atoms with van der Waals surface area (Å²) >= 11 is 0. The first-order chi connectivity index (χ1) is 6.25. The Bertz CT molecular complexity index is 356. The summed E-state index contributed by atoms with van der Waals surface area (Å²) in [4.78, 5) is 11.3. The van der Waals surface area contributed by atoms with Gasteiger partial charge in [-0.1, -0.05) is 0 Å². The van der Waals surface area contributed by atoms with Gasteiger partial charge < -0.3 is 4.57 Å². The monoisotopic (exact) mass is 179 g/mol. The number of rotatable bonds is 4. The maximum Gasteiger partial charge on any atom is 0.327 e. The fraction of sp³-hybridized carbons (Fsp3) is 0.556. The van der Waals surface area contributed by atoms with Crippen molar-refractivity contribution in [3.8, 4) is 6.07 Å². The third-order valence-electron chi connectivity index (χ3n) is 1.96. The molecule has 0 bridgehead atoms. The highest BCUT2D eigenvalue weighted by Crippen LogP contribution is 1.96. The number of imidazole rings is 1. The van der Waals surface area contributed by atoms with Crippen LogP contribution in [-0.2, 0) is 13.6 Å². The zero-order valence-corrected chi connectivity index (χ0v) is 7.73. The second-order valence-corrected chi connectivity index (χ2v) is 3.00. The van der Waals surface area contributed by atoms with Crippen molar-refractivity contribution in [3.05, 3.63) is 22.9 Å². The molecule has 0 fully saturated rings. The van der Waals surface area contributed by atoms with Gasteiger partial charge in [-0.15, -0.1) is 0 Å². The highest BCUT2D eigenvalue weighted by molar-refractivity contribution is 4.79. The molecule has 4 nitrogen and oxygen atoms in total. The Hall–Kier alpha value is -1.50. The Morgan fingerprint density at radius 1 is 1.46 bits per heavy atom. The standard InChI is InChI=1S/C9H13N3O/c1-11-7-8-12(9(11)13)6-4-2-3-5-10/h7-8H,2-4,6H2,1H3. The van der Waals surface area contributed by atoms with E-state index in [0.717, 1.165) is 12.8 Å². The first-order valence-electron chi connectivity index (χ1n) is 4.34. The third-order valence-corrected chi connectivity index (χ3v) is 1.96. The minimum absolute atomic E-state index is 0.0111. The molecule has 0 amide bonds. The van der Waals surface area contributed by atoms with E-state index in [1.807, 2.05) is 0 Å². The molecule has 0 unspecified atom stereocenters. The summed E-state index contributed by atoms with van der Waals surface area (Å²) < 4.78 is 3.21. The molecule has 0 radical (unpaired) electrons. The summed E-state index contributed by atoms with van der Waals surface area (Å²) in [5.41, 5.74) is 0.0111. The number of unbranched alkanes of at least 4 members (excludes halogenated alkanes) is 2. The van der Waals surface area contributed by atoms with Crippen molar-refractivity contribution in [2.75, 3.05) is 0 Å². The molecule has 1 rings (SSSR count). The maximum atomic E-state index is 11.3. The fourth-order valence-electron chi connectivity index (χ4n) is 1.17. The molecule has 1 aromatic rings. The Labute approximate surface area is 77.0 Å². The Morgan fingerprint density at radius 2 is 2.23 bits per heavy atom. The van der Waals surface area contributed by atoms with Crippen molar-refractivity contribution in [2.24, 2.45) is 7.05 Å². The van der Waals surface area contributed by atoms with Gasteiger partial charge in [-0.3, -0.25) is 4.57 Å². The largest absolute Gasteiger partial charge is 0.327 e. The van der Waals surface area contributed by atoms with Crippen molar-refractivity contribution in [3.63, 3.8) is 0 Å². The maximum absolute atomic E-state index is 11.3. The average molecular weight is 179 g/mol. The smallest absolute Gasteiger partial charge is 0.302 e. The van der Waals surface area contributed by atoms with E-state index in [4.69, 9.17) is 5.26 Å². The van der Waals surface area contributed by atoms with Gasteiger partial charge in [-0.25, -0.2) is 4.79 Å². The van der Waals surface area contributed by atoms with E-state index in [2.05, 4.69) is 6.07 Å². The Morgan fingerprint density at radius 3 is 2.77 bits per heavy atom. The van der Waals surface area contributed by atoms with E-state index in [1.165, 1.54) is 0 Å². The van der Waals surface area contributed by atoms with Crippen LogP contribution in [0.15, 0.2) is 17.2 Å². The second-order valence-electron chi connectivity index (χ2n) is 3.00. The van der Waals surface area contributed by atoms with Gasteiger partial charge in [-0.05, 0) is 12.8 Å². The molecule has 0 saturated carbocycles. The van der Waals surface area contributed by atoms with E-state index in [9.17, 15) is 4.79 Å². The first kappa shape index (κ1) is 9.59. The lowest BCUT2D eigenvalue weighted by Gasteiger charge is -1.98. The first-order valence-corrected chi connectivity index (χ1v) is 4.34. The summed E-state index contributed by atoms with van der Waals surface area (Å²) in [6, 6.07) is 2.08. The molecule has 70 valence electrons. The van der Waals surface area contributed by atoms with E-state index in [-0.39, 0.29) is 5.69 Å². The SMILES string of the molecule is Cn1ccn(CCCCC#N)c1=O. The van der Waals surface area contributed by atoms with Gasteiger partial charge in [0.2, 0.25) is 0 Å². The topological polar surface area (TPSA) is 50.7 Å². The Kier molecular flexibility index (Phi) is 3.32. The van der Waals surface area contributed by atoms with Crippen LogP contribution in [0.4, 0.5) is 0 Å². The van der Waals surface area contributed by atoms with E-state index < -0.39 is 0 Å². The lowest BCUT2D eigenvalue weighted by atomic mass is 10.2. The molecule has 13 heavy (non-hydrogen) atoms. The van der Waals surface area contributed by atoms with Crippen LogP contribution in [0.1, 0.15) is 19.3 Å². The van der Waals surface area contributed by atoms with Crippen molar-refractivity contribution in [1.82, 2.24) is 9.13 Å². The lowest BCUT2D eigenvalue weighted by Crippen LogP contribution is -2.21. The van der Waals surface area contributed by atoms with Crippen molar-refractivity contribution in [1.29, 1.82) is 5.26 Å². The number of nitrogens with zero attached hydrogens (tertiary/aromatic N) is 3. The summed E-state index contributed by atoms with van der Waals surface area (Å²) in [6.45, 7) is 0.710. The lowest BCUT2D eigenvalue weighted by molar-refractivity contribution is 0.590. The van der Waals surface area contributed by atoms with Crippen LogP contribution < -0.4 is 5.69 Å². The Balaban J connectivity index is 2.42. The number of aromatic nitrogens is 2. The molecule has 0 aliphatic rings. The normalized spacial score (nSPS) is 9.85. The number of hydrogen-bond donors (Lipinski definition) is 0. The zero-order chi connectivity index (χ0) is 9.68. The van der Waals surface area contributed by atoms with Gasteiger partial charge >= 0.3 is 5.69 Å². The van der Waals surface area contributed by atoms with Crippen LogP contribution in [-0.4, -0.2) is 9.13 Å². The molecule has 0 spiro atoms. The van der Waals surface area contributed by atoms with Crippen molar-refractivity contribution < 1.29 is 0 Å². The van der Waals surface area contributed by atoms with Crippen LogP contribution in [0, 0.1) is 11.3 Å². The van der Waals surface area contributed by atoms with Gasteiger partial charge in [0.05, 0.1) is 6.07 Å². The second kappa shape index (κ2) is 4.51. The molecule has 4 heteroatoms. The van der Waals surface area contributed by atoms with Gasteiger partial charge in [0.1, 0.15) is 0 Å². The zero-order valence-electron chi connectivity index (χ0n) is 7.73. The molecule has 0 saturated heterocycles. The minimum Gasteiger partial charge on any atom is -0.302 e. The molecule has 0 N–H and O–H groups in total. The van der Waals surface area contributed by atoms with Crippen molar-refractivity contribution in [2.45, 2.75) is 25.8 Å². The van der Waals surface area contributed by atoms with Gasteiger partial charge in [-0.2, -0.15) is 5.26 Å². The summed E-state index contributed by atoms with van der Waals surface area (Å²) in [7, 11) is 1.73. The van der Waals surface area contributed by atoms with Crippen LogP contribution in [0.2, 0.25) is 0 Å².